The Morgan fingerprint density at radius 3 is 2.48 bits per heavy atom. The molecular formula is C17H15N3O3S2. The molecule has 0 saturated carbocycles. The Morgan fingerprint density at radius 2 is 1.80 bits per heavy atom. The Hall–Kier alpha value is -2.58. The molecule has 3 rings (SSSR count). The lowest BCUT2D eigenvalue weighted by Gasteiger charge is -2.12. The van der Waals surface area contributed by atoms with Crippen LogP contribution in [0, 0.1) is 6.92 Å². The summed E-state index contributed by atoms with van der Waals surface area (Å²) in [4.78, 5) is 20.3. The smallest absolute Gasteiger partial charge is 0.262 e. The number of thiophene rings is 1. The van der Waals surface area contributed by atoms with Crippen molar-refractivity contribution in [2.45, 2.75) is 18.7 Å². The molecule has 0 bridgehead atoms. The molecule has 0 unspecified atom stereocenters. The van der Waals surface area contributed by atoms with Crippen LogP contribution in [-0.4, -0.2) is 24.2 Å². The van der Waals surface area contributed by atoms with Crippen molar-refractivity contribution in [2.24, 2.45) is 0 Å². The summed E-state index contributed by atoms with van der Waals surface area (Å²) in [5.74, 6) is 0.416. The molecule has 1 aromatic carbocycles. The van der Waals surface area contributed by atoms with E-state index in [9.17, 15) is 13.2 Å². The number of hydrogen-bond acceptors (Lipinski definition) is 6. The molecular weight excluding hydrogens is 358 g/mol. The first-order valence-electron chi connectivity index (χ1n) is 7.38. The fourth-order valence-electron chi connectivity index (χ4n) is 2.33. The summed E-state index contributed by atoms with van der Waals surface area (Å²) >= 11 is 1.20. The van der Waals surface area contributed by atoms with Gasteiger partial charge in [0.1, 0.15) is 5.82 Å². The Bertz CT molecular complexity index is 1030. The van der Waals surface area contributed by atoms with Gasteiger partial charge >= 0.3 is 0 Å². The number of benzene rings is 1. The van der Waals surface area contributed by atoms with Crippen LogP contribution in [0.3, 0.4) is 0 Å². The van der Waals surface area contributed by atoms with Crippen molar-refractivity contribution in [1.29, 1.82) is 0 Å². The first-order chi connectivity index (χ1) is 11.9. The van der Waals surface area contributed by atoms with Crippen molar-refractivity contribution in [3.8, 4) is 11.1 Å². The number of nitrogens with one attached hydrogen (secondary N) is 1. The van der Waals surface area contributed by atoms with E-state index in [2.05, 4.69) is 14.7 Å². The van der Waals surface area contributed by atoms with E-state index in [1.807, 2.05) is 0 Å². The molecule has 0 aliphatic carbocycles. The van der Waals surface area contributed by atoms with Crippen molar-refractivity contribution in [1.82, 2.24) is 9.97 Å². The molecule has 2 aromatic heterocycles. The molecule has 6 nitrogen and oxygen atoms in total. The highest BCUT2D eigenvalue weighted by atomic mass is 32.2. The van der Waals surface area contributed by atoms with Gasteiger partial charge in [-0.1, -0.05) is 18.2 Å². The number of ketones is 1. The summed E-state index contributed by atoms with van der Waals surface area (Å²) in [6, 6.07) is 8.18. The second kappa shape index (κ2) is 6.73. The van der Waals surface area contributed by atoms with Crippen LogP contribution in [0.4, 0.5) is 5.69 Å². The van der Waals surface area contributed by atoms with E-state index in [0.717, 1.165) is 0 Å². The SMILES string of the molecule is CC(=O)c1sccc1NS(=O)(=O)c1ccccc1-c1cnc(C)nc1. The van der Waals surface area contributed by atoms with E-state index in [1.165, 1.54) is 24.3 Å². The Labute approximate surface area is 149 Å². The number of hydrogen-bond donors (Lipinski definition) is 1. The molecule has 1 N–H and O–H groups in total. The van der Waals surface area contributed by atoms with Crippen molar-refractivity contribution < 1.29 is 13.2 Å². The monoisotopic (exact) mass is 373 g/mol. The molecule has 25 heavy (non-hydrogen) atoms. The van der Waals surface area contributed by atoms with Gasteiger partial charge < -0.3 is 0 Å². The zero-order chi connectivity index (χ0) is 18.0. The van der Waals surface area contributed by atoms with E-state index in [-0.39, 0.29) is 16.4 Å². The number of sulfonamides is 1. The average molecular weight is 373 g/mol. The van der Waals surface area contributed by atoms with E-state index in [0.29, 0.717) is 21.8 Å². The van der Waals surface area contributed by atoms with Gasteiger partial charge in [0.25, 0.3) is 10.0 Å². The van der Waals surface area contributed by atoms with E-state index < -0.39 is 10.0 Å². The predicted molar refractivity (Wildman–Crippen MR) is 97.3 cm³/mol. The molecule has 3 aromatic rings. The van der Waals surface area contributed by atoms with E-state index >= 15 is 0 Å². The quantitative estimate of drug-likeness (QED) is 0.691. The summed E-state index contributed by atoms with van der Waals surface area (Å²) < 4.78 is 28.3. The molecule has 128 valence electrons. The normalized spacial score (nSPS) is 11.3. The molecule has 2 heterocycles. The minimum atomic E-state index is -3.88. The number of rotatable bonds is 5. The first-order valence-corrected chi connectivity index (χ1v) is 9.74. The number of carbonyl (C=O) groups excluding carboxylic acids is 1. The number of aryl methyl sites for hydroxylation is 1. The van der Waals surface area contributed by atoms with Crippen molar-refractivity contribution in [3.63, 3.8) is 0 Å². The minimum Gasteiger partial charge on any atom is -0.294 e. The highest BCUT2D eigenvalue weighted by Gasteiger charge is 2.22. The third-order valence-corrected chi connectivity index (χ3v) is 5.94. The fraction of sp³-hybridized carbons (Fsp3) is 0.118. The van der Waals surface area contributed by atoms with Crippen LogP contribution in [0.15, 0.2) is 53.0 Å². The molecule has 0 fully saturated rings. The lowest BCUT2D eigenvalue weighted by molar-refractivity contribution is 0.102. The fourth-order valence-corrected chi connectivity index (χ4v) is 4.45. The lowest BCUT2D eigenvalue weighted by atomic mass is 10.1. The summed E-state index contributed by atoms with van der Waals surface area (Å²) in [5, 5.41) is 1.67. The largest absolute Gasteiger partial charge is 0.294 e. The van der Waals surface area contributed by atoms with Crippen LogP contribution in [-0.2, 0) is 10.0 Å². The Balaban J connectivity index is 2.05. The Morgan fingerprint density at radius 1 is 1.12 bits per heavy atom. The zero-order valence-corrected chi connectivity index (χ0v) is 15.2. The van der Waals surface area contributed by atoms with Crippen LogP contribution in [0.1, 0.15) is 22.4 Å². The summed E-state index contributed by atoms with van der Waals surface area (Å²) in [7, 11) is -3.88. The third-order valence-electron chi connectivity index (χ3n) is 3.50. The van der Waals surface area contributed by atoms with Crippen LogP contribution in [0.25, 0.3) is 11.1 Å². The molecule has 8 heteroatoms. The lowest BCUT2D eigenvalue weighted by Crippen LogP contribution is -2.15. The highest BCUT2D eigenvalue weighted by Crippen LogP contribution is 2.30. The molecule has 0 saturated heterocycles. The molecule has 0 aliphatic rings. The number of carbonyl (C=O) groups is 1. The predicted octanol–water partition coefficient (Wildman–Crippen LogP) is 3.52. The van der Waals surface area contributed by atoms with Crippen LogP contribution >= 0.6 is 11.3 Å². The topological polar surface area (TPSA) is 89.0 Å². The number of Topliss-reactive ketones (excluding diaryl/α,β-unsaturated/α-hetero) is 1. The van der Waals surface area contributed by atoms with Crippen LogP contribution < -0.4 is 4.72 Å². The molecule has 0 radical (unpaired) electrons. The molecule has 0 atom stereocenters. The van der Waals surface area contributed by atoms with Crippen LogP contribution in [0.5, 0.6) is 0 Å². The van der Waals surface area contributed by atoms with Crippen molar-refractivity contribution >= 4 is 32.8 Å². The second-order valence-corrected chi connectivity index (χ2v) is 7.91. The average Bonchev–Trinajstić information content (AvgIpc) is 3.03. The first kappa shape index (κ1) is 17.2. The van der Waals surface area contributed by atoms with Crippen molar-refractivity contribution in [3.05, 3.63) is 58.8 Å². The van der Waals surface area contributed by atoms with Crippen molar-refractivity contribution in [2.75, 3.05) is 4.72 Å². The zero-order valence-electron chi connectivity index (χ0n) is 13.6. The number of anilines is 1. The van der Waals surface area contributed by atoms with Gasteiger partial charge in [0, 0.05) is 30.4 Å². The van der Waals surface area contributed by atoms with Crippen LogP contribution in [0.2, 0.25) is 0 Å². The van der Waals surface area contributed by atoms with Gasteiger partial charge in [-0.2, -0.15) is 0 Å². The maximum atomic E-state index is 12.9. The van der Waals surface area contributed by atoms with E-state index in [4.69, 9.17) is 0 Å². The van der Waals surface area contributed by atoms with Gasteiger partial charge in [-0.3, -0.25) is 9.52 Å². The van der Waals surface area contributed by atoms with Gasteiger partial charge in [-0.25, -0.2) is 18.4 Å². The Kier molecular flexibility index (Phi) is 4.65. The maximum Gasteiger partial charge on any atom is 0.262 e. The summed E-state index contributed by atoms with van der Waals surface area (Å²) in [6.45, 7) is 3.16. The maximum absolute atomic E-state index is 12.9. The summed E-state index contributed by atoms with van der Waals surface area (Å²) in [6.07, 6.45) is 3.17. The number of aromatic nitrogens is 2. The molecule has 0 spiro atoms. The molecule has 0 aliphatic heterocycles. The highest BCUT2D eigenvalue weighted by molar-refractivity contribution is 7.92. The standard InChI is InChI=1S/C17H15N3O3S2/c1-11(21)17-15(7-8-24-17)20-25(22,23)16-6-4-3-5-14(16)13-9-18-12(2)19-10-13/h3-10,20H,1-2H3. The molecule has 0 amide bonds. The van der Waals surface area contributed by atoms with Gasteiger partial charge in [0.15, 0.2) is 5.78 Å². The van der Waals surface area contributed by atoms with Gasteiger partial charge in [0.05, 0.1) is 15.5 Å². The van der Waals surface area contributed by atoms with E-state index in [1.54, 1.807) is 49.0 Å². The van der Waals surface area contributed by atoms with Gasteiger partial charge in [0.2, 0.25) is 0 Å². The number of nitrogens with zero attached hydrogens (tertiary/aromatic N) is 2. The van der Waals surface area contributed by atoms with Gasteiger partial charge in [-0.05, 0) is 24.4 Å². The summed E-state index contributed by atoms with van der Waals surface area (Å²) in [5.41, 5.74) is 1.38. The third kappa shape index (κ3) is 3.59. The minimum absolute atomic E-state index is 0.100. The van der Waals surface area contributed by atoms with Gasteiger partial charge in [-0.15, -0.1) is 11.3 Å². The second-order valence-electron chi connectivity index (χ2n) is 5.34.